The van der Waals surface area contributed by atoms with Crippen molar-refractivity contribution in [2.75, 3.05) is 53.0 Å². The molecule has 2 aliphatic heterocycles. The number of halogens is 2. The Bertz CT molecular complexity index is 809. The van der Waals surface area contributed by atoms with Crippen LogP contribution in [0.3, 0.4) is 0 Å². The van der Waals surface area contributed by atoms with Gasteiger partial charge in [0.25, 0.3) is 11.8 Å². The van der Waals surface area contributed by atoms with Gasteiger partial charge < -0.3 is 19.6 Å². The molecule has 9 heteroatoms. The van der Waals surface area contributed by atoms with Crippen LogP contribution in [0.1, 0.15) is 12.0 Å². The van der Waals surface area contributed by atoms with Crippen molar-refractivity contribution >= 4 is 35.0 Å². The summed E-state index contributed by atoms with van der Waals surface area (Å²) >= 11 is 11.9. The molecule has 2 amide bonds. The zero-order valence-corrected chi connectivity index (χ0v) is 17.9. The molecule has 2 aliphatic rings. The topological polar surface area (TPSA) is 73.3 Å². The van der Waals surface area contributed by atoms with Gasteiger partial charge in [0, 0.05) is 39.8 Å². The summed E-state index contributed by atoms with van der Waals surface area (Å²) < 4.78 is 5.33. The maximum atomic E-state index is 12.8. The van der Waals surface area contributed by atoms with Gasteiger partial charge in [-0.05, 0) is 24.1 Å². The Morgan fingerprint density at radius 1 is 1.21 bits per heavy atom. The molecule has 1 saturated heterocycles. The van der Waals surface area contributed by atoms with Crippen LogP contribution in [0, 0.1) is 0 Å². The van der Waals surface area contributed by atoms with E-state index in [2.05, 4.69) is 4.90 Å². The Kier molecular flexibility index (Phi) is 7.40. The molecule has 0 spiro atoms. The number of aliphatic hydroxyl groups is 1. The molecule has 2 heterocycles. The van der Waals surface area contributed by atoms with Crippen LogP contribution in [-0.2, 0) is 20.9 Å². The summed E-state index contributed by atoms with van der Waals surface area (Å²) in [6, 6.07) is 5.15. The summed E-state index contributed by atoms with van der Waals surface area (Å²) in [5, 5.41) is 11.1. The highest BCUT2D eigenvalue weighted by Gasteiger charge is 2.34. The normalized spacial score (nSPS) is 17.9. The van der Waals surface area contributed by atoms with Crippen LogP contribution in [0.15, 0.2) is 29.5 Å². The third-order valence-electron chi connectivity index (χ3n) is 5.14. The van der Waals surface area contributed by atoms with Crippen molar-refractivity contribution in [3.8, 4) is 0 Å². The first-order valence-electron chi connectivity index (χ1n) is 9.57. The number of carbonyl (C=O) groups is 2. The summed E-state index contributed by atoms with van der Waals surface area (Å²) in [6.07, 6.45) is 0.777. The van der Waals surface area contributed by atoms with E-state index < -0.39 is 11.7 Å². The summed E-state index contributed by atoms with van der Waals surface area (Å²) in [5.74, 6) is -1.32. The fourth-order valence-corrected chi connectivity index (χ4v) is 3.81. The van der Waals surface area contributed by atoms with Crippen molar-refractivity contribution < 1.29 is 19.4 Å². The second-order valence-electron chi connectivity index (χ2n) is 7.27. The van der Waals surface area contributed by atoms with Crippen molar-refractivity contribution in [1.29, 1.82) is 0 Å². The molecule has 0 aromatic heterocycles. The lowest BCUT2D eigenvalue weighted by Gasteiger charge is -2.27. The van der Waals surface area contributed by atoms with Crippen molar-refractivity contribution in [2.24, 2.45) is 0 Å². The molecule has 3 rings (SSSR count). The molecule has 0 aliphatic carbocycles. The van der Waals surface area contributed by atoms with E-state index in [1.54, 1.807) is 25.2 Å². The van der Waals surface area contributed by atoms with Gasteiger partial charge >= 0.3 is 0 Å². The van der Waals surface area contributed by atoms with E-state index in [0.29, 0.717) is 16.6 Å². The number of amides is 2. The number of morpholine rings is 1. The minimum Gasteiger partial charge on any atom is -0.503 e. The third kappa shape index (κ3) is 5.42. The minimum atomic E-state index is -0.488. The van der Waals surface area contributed by atoms with Crippen LogP contribution in [-0.4, -0.2) is 84.6 Å². The molecule has 29 heavy (non-hydrogen) atoms. The summed E-state index contributed by atoms with van der Waals surface area (Å²) in [5.41, 5.74) is 0.936. The van der Waals surface area contributed by atoms with Crippen molar-refractivity contribution in [3.05, 3.63) is 45.1 Å². The molecule has 7 nitrogen and oxygen atoms in total. The van der Waals surface area contributed by atoms with Crippen molar-refractivity contribution in [2.45, 2.75) is 13.0 Å². The van der Waals surface area contributed by atoms with E-state index in [0.717, 1.165) is 44.8 Å². The van der Waals surface area contributed by atoms with E-state index in [1.807, 2.05) is 0 Å². The lowest BCUT2D eigenvalue weighted by Crippen LogP contribution is -2.38. The van der Waals surface area contributed by atoms with Crippen LogP contribution in [0.5, 0.6) is 0 Å². The molecule has 1 fully saturated rings. The van der Waals surface area contributed by atoms with Gasteiger partial charge in [0.1, 0.15) is 0 Å². The quantitative estimate of drug-likeness (QED) is 0.702. The highest BCUT2D eigenvalue weighted by molar-refractivity contribution is 6.42. The van der Waals surface area contributed by atoms with Crippen LogP contribution < -0.4 is 0 Å². The van der Waals surface area contributed by atoms with Crippen LogP contribution in [0.25, 0.3) is 0 Å². The van der Waals surface area contributed by atoms with E-state index in [9.17, 15) is 14.7 Å². The van der Waals surface area contributed by atoms with Crippen molar-refractivity contribution in [3.63, 3.8) is 0 Å². The number of nitrogens with zero attached hydrogens (tertiary/aromatic N) is 3. The van der Waals surface area contributed by atoms with Gasteiger partial charge in [-0.1, -0.05) is 29.3 Å². The Hall–Kier alpha value is -1.80. The van der Waals surface area contributed by atoms with Crippen LogP contribution in [0.2, 0.25) is 10.0 Å². The Labute approximate surface area is 180 Å². The molecule has 0 atom stereocenters. The smallest absolute Gasteiger partial charge is 0.289 e. The predicted molar refractivity (Wildman–Crippen MR) is 111 cm³/mol. The highest BCUT2D eigenvalue weighted by Crippen LogP contribution is 2.24. The van der Waals surface area contributed by atoms with E-state index in [1.165, 1.54) is 9.80 Å². The number of rotatable bonds is 7. The monoisotopic (exact) mass is 441 g/mol. The lowest BCUT2D eigenvalue weighted by atomic mass is 10.2. The Morgan fingerprint density at radius 2 is 1.93 bits per heavy atom. The summed E-state index contributed by atoms with van der Waals surface area (Å²) in [4.78, 5) is 30.4. The average Bonchev–Trinajstić information content (AvgIpc) is 2.99. The van der Waals surface area contributed by atoms with Gasteiger partial charge in [-0.25, -0.2) is 0 Å². The maximum Gasteiger partial charge on any atom is 0.289 e. The standard InChI is InChI=1S/C20H25Cl2N3O4/c1-23(12-14-3-4-16(21)17(22)11-14)19(27)15-13-25(20(28)18(15)26)6-2-5-24-7-9-29-10-8-24/h3-4,11,26H,2,5-10,12-13H2,1H3. The molecule has 0 bridgehead atoms. The number of benzene rings is 1. The van der Waals surface area contributed by atoms with Gasteiger partial charge in [-0.2, -0.15) is 0 Å². The lowest BCUT2D eigenvalue weighted by molar-refractivity contribution is -0.128. The van der Waals surface area contributed by atoms with Gasteiger partial charge in [0.05, 0.1) is 35.4 Å². The third-order valence-corrected chi connectivity index (χ3v) is 5.88. The summed E-state index contributed by atoms with van der Waals surface area (Å²) in [6.45, 7) is 5.00. The molecule has 0 saturated carbocycles. The van der Waals surface area contributed by atoms with E-state index in [4.69, 9.17) is 27.9 Å². The van der Waals surface area contributed by atoms with Gasteiger partial charge in [0.15, 0.2) is 5.76 Å². The first-order valence-corrected chi connectivity index (χ1v) is 10.3. The first kappa shape index (κ1) is 21.9. The first-order chi connectivity index (χ1) is 13.9. The van der Waals surface area contributed by atoms with E-state index in [-0.39, 0.29) is 24.6 Å². The molecule has 1 aromatic carbocycles. The number of ether oxygens (including phenoxy) is 1. The number of hydrogen-bond acceptors (Lipinski definition) is 5. The molecule has 0 radical (unpaired) electrons. The zero-order chi connectivity index (χ0) is 21.0. The Balaban J connectivity index is 1.54. The number of likely N-dealkylation sites (N-methyl/N-ethyl adjacent to an activating group) is 1. The summed E-state index contributed by atoms with van der Waals surface area (Å²) in [7, 11) is 1.62. The fraction of sp³-hybridized carbons (Fsp3) is 0.500. The average molecular weight is 442 g/mol. The predicted octanol–water partition coefficient (Wildman–Crippen LogP) is 2.33. The molecule has 158 valence electrons. The number of hydrogen-bond donors (Lipinski definition) is 1. The van der Waals surface area contributed by atoms with Gasteiger partial charge in [0.2, 0.25) is 0 Å². The van der Waals surface area contributed by atoms with Crippen LogP contribution >= 0.6 is 23.2 Å². The molecule has 1 aromatic rings. The maximum absolute atomic E-state index is 12.8. The number of carbonyl (C=O) groups excluding carboxylic acids is 2. The fourth-order valence-electron chi connectivity index (χ4n) is 3.49. The van der Waals surface area contributed by atoms with Crippen LogP contribution in [0.4, 0.5) is 0 Å². The van der Waals surface area contributed by atoms with Gasteiger partial charge in [-0.3, -0.25) is 14.5 Å². The molecule has 0 unspecified atom stereocenters. The second-order valence-corrected chi connectivity index (χ2v) is 8.09. The highest BCUT2D eigenvalue weighted by atomic mass is 35.5. The largest absolute Gasteiger partial charge is 0.503 e. The second kappa shape index (κ2) is 9.80. The Morgan fingerprint density at radius 3 is 2.62 bits per heavy atom. The van der Waals surface area contributed by atoms with Crippen molar-refractivity contribution in [1.82, 2.24) is 14.7 Å². The van der Waals surface area contributed by atoms with E-state index >= 15 is 0 Å². The zero-order valence-electron chi connectivity index (χ0n) is 16.4. The SMILES string of the molecule is CN(Cc1ccc(Cl)c(Cl)c1)C(=O)C1=C(O)C(=O)N(CCCN2CCOCC2)C1. The molecule has 1 N–H and O–H groups in total. The molecular weight excluding hydrogens is 417 g/mol. The van der Waals surface area contributed by atoms with Gasteiger partial charge in [-0.15, -0.1) is 0 Å². The minimum absolute atomic E-state index is 0.123. The molecular formula is C20H25Cl2N3O4. The number of aliphatic hydroxyl groups excluding tert-OH is 1.